The molecule has 16 heteroatoms. The molecule has 65 heavy (non-hydrogen) atoms. The van der Waals surface area contributed by atoms with Gasteiger partial charge in [0.25, 0.3) is 13.4 Å². The highest BCUT2D eigenvalue weighted by Crippen LogP contribution is 2.65. The number of hydrogen-bond donors (Lipinski definition) is 3. The summed E-state index contributed by atoms with van der Waals surface area (Å²) in [5.74, 6) is -6.42. The number of esters is 4. The van der Waals surface area contributed by atoms with Crippen LogP contribution < -0.4 is 5.32 Å². The van der Waals surface area contributed by atoms with Crippen LogP contribution >= 0.6 is 0 Å². The van der Waals surface area contributed by atoms with Gasteiger partial charge in [-0.25, -0.2) is 9.59 Å². The number of aliphatic hydroxyl groups is 2. The molecule has 1 heterocycles. The third-order valence-corrected chi connectivity index (χ3v) is 13.9. The number of Topliss-reactive ketones (excluding diaryl/α,β-unsaturated/α-hetero) is 1. The van der Waals surface area contributed by atoms with Gasteiger partial charge in [-0.05, 0) is 54.8 Å². The molecule has 1 radical (unpaired) electrons. The van der Waals surface area contributed by atoms with Gasteiger partial charge in [0, 0.05) is 37.7 Å². The zero-order chi connectivity index (χ0) is 47.1. The van der Waals surface area contributed by atoms with Gasteiger partial charge in [-0.2, -0.15) is 0 Å². The summed E-state index contributed by atoms with van der Waals surface area (Å²) in [6.45, 7) is 10.3. The van der Waals surface area contributed by atoms with E-state index in [0.717, 1.165) is 6.92 Å². The summed E-state index contributed by atoms with van der Waals surface area (Å²) in [4.78, 5) is 84.7. The van der Waals surface area contributed by atoms with Crippen molar-refractivity contribution >= 4 is 43.0 Å². The van der Waals surface area contributed by atoms with Crippen LogP contribution in [0, 0.1) is 16.7 Å². The second-order valence-corrected chi connectivity index (χ2v) is 18.0. The van der Waals surface area contributed by atoms with Crippen molar-refractivity contribution in [1.29, 1.82) is 0 Å². The normalized spacial score (nSPS) is 30.9. The third-order valence-electron chi connectivity index (χ3n) is 13.9. The van der Waals surface area contributed by atoms with E-state index in [-0.39, 0.29) is 35.3 Å². The first-order chi connectivity index (χ1) is 30.8. The van der Waals surface area contributed by atoms with Crippen LogP contribution in [0.25, 0.3) is 0 Å². The zero-order valence-corrected chi connectivity index (χ0v) is 37.5. The molecule has 1 aliphatic heterocycles. The summed E-state index contributed by atoms with van der Waals surface area (Å²) in [5, 5.41) is 28.5. The van der Waals surface area contributed by atoms with E-state index in [0.29, 0.717) is 11.9 Å². The van der Waals surface area contributed by atoms with Crippen molar-refractivity contribution in [3.05, 3.63) is 119 Å². The lowest BCUT2D eigenvalue weighted by molar-refractivity contribution is -0.344. The quantitative estimate of drug-likeness (QED) is 0.0910. The van der Waals surface area contributed by atoms with E-state index in [1.165, 1.54) is 26.5 Å². The largest absolute Gasteiger partial charge is 0.456 e. The highest BCUT2D eigenvalue weighted by atomic mass is 16.6. The lowest BCUT2D eigenvalue weighted by atomic mass is 9.44. The fourth-order valence-corrected chi connectivity index (χ4v) is 10.6. The van der Waals surface area contributed by atoms with Crippen molar-refractivity contribution in [1.82, 2.24) is 5.32 Å². The maximum Gasteiger partial charge on any atom is 0.338 e. The summed E-state index contributed by atoms with van der Waals surface area (Å²) in [6, 6.07) is 23.2. The molecule has 3 N–H and O–H groups in total. The number of nitrogens with one attached hydrogen (secondary N) is 1. The van der Waals surface area contributed by atoms with E-state index in [4.69, 9.17) is 28.3 Å². The predicted molar refractivity (Wildman–Crippen MR) is 233 cm³/mol. The highest BCUT2D eigenvalue weighted by Gasteiger charge is 2.78. The van der Waals surface area contributed by atoms with E-state index >= 15 is 4.79 Å². The lowest BCUT2D eigenvalue weighted by Crippen LogP contribution is -2.82. The minimum atomic E-state index is -2.35. The standard InChI is InChI=1S/C49H55BNO14/c1-8-50-65-34-24-35-48(26-60-35,64-29(4)53)40-42(63-44(57)32-22-16-11-17-23-32)49(59)25-33(27(2)36(46(49,5)6)39(61-28(3)52)41(55)47(34,40)7)62-45(58)38(54)37(30-18-12-9-13-19-30)51-43(56)31-20-14-10-15-21-31/h9-23,33-35,37-40,42,54,59H,8,24-26H2,1-7H3,(H,51,56)/t33?,34-,35+,37-,38+,39+,40-,42-,47+,48-,49+/m0/s1. The molecule has 2 bridgehead atoms. The Bertz CT molecular complexity index is 2340. The minimum Gasteiger partial charge on any atom is -0.456 e. The molecular formula is C49H55BNO14. The Morgan fingerprint density at radius 1 is 0.862 bits per heavy atom. The topological polar surface area (TPSA) is 210 Å². The molecule has 4 aliphatic rings. The molecule has 1 amide bonds. The van der Waals surface area contributed by atoms with Gasteiger partial charge in [0.05, 0.1) is 35.6 Å². The Kier molecular flexibility index (Phi) is 13.3. The van der Waals surface area contributed by atoms with Crippen LogP contribution in [0.3, 0.4) is 0 Å². The van der Waals surface area contributed by atoms with Gasteiger partial charge in [0.2, 0.25) is 0 Å². The maximum atomic E-state index is 15.9. The number of ether oxygens (including phenoxy) is 5. The molecule has 0 spiro atoms. The Balaban J connectivity index is 1.41. The smallest absolute Gasteiger partial charge is 0.338 e. The van der Waals surface area contributed by atoms with Crippen LogP contribution in [0.4, 0.5) is 0 Å². The summed E-state index contributed by atoms with van der Waals surface area (Å²) in [7, 11) is 1.51. The Labute approximate surface area is 378 Å². The molecule has 7 rings (SSSR count). The van der Waals surface area contributed by atoms with Crippen molar-refractivity contribution in [3.63, 3.8) is 0 Å². The maximum absolute atomic E-state index is 15.9. The van der Waals surface area contributed by atoms with Crippen molar-refractivity contribution in [2.24, 2.45) is 16.7 Å². The third kappa shape index (κ3) is 8.30. The summed E-state index contributed by atoms with van der Waals surface area (Å²) in [5.41, 5.74) is -6.53. The number of fused-ring (bicyclic) bond motifs is 5. The Morgan fingerprint density at radius 3 is 2.02 bits per heavy atom. The monoisotopic (exact) mass is 892 g/mol. The number of aliphatic hydroxyl groups excluding tert-OH is 1. The van der Waals surface area contributed by atoms with E-state index in [1.54, 1.807) is 107 Å². The molecule has 15 nitrogen and oxygen atoms in total. The van der Waals surface area contributed by atoms with Gasteiger partial charge < -0.3 is 43.9 Å². The number of rotatable bonds is 13. The molecule has 11 atom stereocenters. The fourth-order valence-electron chi connectivity index (χ4n) is 10.6. The number of ketones is 1. The molecule has 343 valence electrons. The predicted octanol–water partition coefficient (Wildman–Crippen LogP) is 4.82. The van der Waals surface area contributed by atoms with Crippen LogP contribution in [-0.2, 0) is 47.5 Å². The molecule has 3 aliphatic carbocycles. The lowest BCUT2D eigenvalue weighted by Gasteiger charge is -2.68. The molecule has 3 fully saturated rings. The van der Waals surface area contributed by atoms with Gasteiger partial charge in [0.1, 0.15) is 23.9 Å². The van der Waals surface area contributed by atoms with Gasteiger partial charge >= 0.3 is 23.9 Å². The first-order valence-corrected chi connectivity index (χ1v) is 21.8. The number of amides is 1. The second-order valence-electron chi connectivity index (χ2n) is 18.0. The van der Waals surface area contributed by atoms with E-state index in [1.807, 2.05) is 6.92 Å². The van der Waals surface area contributed by atoms with Crippen molar-refractivity contribution in [2.75, 3.05) is 6.61 Å². The van der Waals surface area contributed by atoms with Crippen LogP contribution in [-0.4, -0.2) is 108 Å². The molecule has 3 aromatic rings. The van der Waals surface area contributed by atoms with Crippen molar-refractivity contribution < 1.29 is 67.3 Å². The Hall–Kier alpha value is -5.68. The molecule has 3 aromatic carbocycles. The average Bonchev–Trinajstić information content (AvgIpc) is 3.27. The summed E-state index contributed by atoms with van der Waals surface area (Å²) < 4.78 is 37.3. The number of carbonyl (C=O) groups excluding carboxylic acids is 6. The van der Waals surface area contributed by atoms with Gasteiger partial charge in [-0.15, -0.1) is 0 Å². The Morgan fingerprint density at radius 2 is 1.46 bits per heavy atom. The average molecular weight is 893 g/mol. The van der Waals surface area contributed by atoms with Gasteiger partial charge in [-0.3, -0.25) is 19.2 Å². The molecule has 2 saturated carbocycles. The SMILES string of the molecule is CC[B]O[C@H]1C[C@H]2OC[C@@]2(OC(C)=O)[C@H]2[C@H](OC(=O)c3ccccc3)[C@]3(O)CC(OC(=O)[C@H](O)[C@@H](NC(=O)c4ccccc4)c4ccccc4)C(C)=C([C@@H](OC(C)=O)C(=O)[C@]12C)C3(C)C. The number of carbonyl (C=O) groups is 6. The highest BCUT2D eigenvalue weighted by molar-refractivity contribution is 6.27. The molecule has 1 saturated heterocycles. The van der Waals surface area contributed by atoms with Crippen LogP contribution in [0.15, 0.2) is 102 Å². The fraction of sp³-hybridized carbons (Fsp3) is 0.469. The number of benzene rings is 3. The molecule has 0 aromatic heterocycles. The second kappa shape index (κ2) is 18.3. The summed E-state index contributed by atoms with van der Waals surface area (Å²) in [6.07, 6.45) is -9.02. The van der Waals surface area contributed by atoms with Crippen molar-refractivity contribution in [2.45, 2.75) is 121 Å². The van der Waals surface area contributed by atoms with Crippen LogP contribution in [0.1, 0.15) is 93.6 Å². The first-order valence-electron chi connectivity index (χ1n) is 21.8. The van der Waals surface area contributed by atoms with Crippen LogP contribution in [0.2, 0.25) is 6.32 Å². The molecule has 1 unspecified atom stereocenters. The zero-order valence-electron chi connectivity index (χ0n) is 37.5. The van der Waals surface area contributed by atoms with E-state index in [9.17, 15) is 34.2 Å². The minimum absolute atomic E-state index is 0.0238. The summed E-state index contributed by atoms with van der Waals surface area (Å²) >= 11 is 0. The van der Waals surface area contributed by atoms with E-state index < -0.39 is 113 Å². The van der Waals surface area contributed by atoms with Gasteiger partial charge in [0.15, 0.2) is 23.6 Å². The van der Waals surface area contributed by atoms with Gasteiger partial charge in [-0.1, -0.05) is 93.8 Å². The number of hydrogen-bond acceptors (Lipinski definition) is 14. The van der Waals surface area contributed by atoms with Crippen LogP contribution in [0.5, 0.6) is 0 Å². The van der Waals surface area contributed by atoms with Crippen molar-refractivity contribution in [3.8, 4) is 0 Å². The van der Waals surface area contributed by atoms with E-state index in [2.05, 4.69) is 5.32 Å². The molecular weight excluding hydrogens is 837 g/mol. The first kappa shape index (κ1) is 47.3.